The highest BCUT2D eigenvalue weighted by atomic mass is 32.2. The Kier molecular flexibility index (Phi) is 6.47. The van der Waals surface area contributed by atoms with Crippen LogP contribution in [0.4, 0.5) is 5.69 Å². The third-order valence-electron chi connectivity index (χ3n) is 5.84. The summed E-state index contributed by atoms with van der Waals surface area (Å²) in [7, 11) is 0. The van der Waals surface area contributed by atoms with Crippen molar-refractivity contribution in [3.8, 4) is 16.2 Å². The van der Waals surface area contributed by atoms with Crippen molar-refractivity contribution in [2.24, 2.45) is 0 Å². The number of anilines is 1. The van der Waals surface area contributed by atoms with Crippen molar-refractivity contribution in [1.29, 1.82) is 0 Å². The second-order valence-corrected chi connectivity index (χ2v) is 10.8. The van der Waals surface area contributed by atoms with E-state index in [1.54, 1.807) is 17.8 Å². The first kappa shape index (κ1) is 22.7. The number of para-hydroxylation sites is 1. The summed E-state index contributed by atoms with van der Waals surface area (Å²) in [5, 5.41) is 6.99. The number of nitrogens with one attached hydrogen (secondary N) is 2. The van der Waals surface area contributed by atoms with E-state index in [4.69, 9.17) is 4.74 Å². The number of thioether (sulfide) groups is 1. The molecule has 1 unspecified atom stereocenters. The molecule has 5 rings (SSSR count). The van der Waals surface area contributed by atoms with Crippen LogP contribution in [0.3, 0.4) is 0 Å². The Bertz CT molecular complexity index is 1240. The van der Waals surface area contributed by atoms with Crippen molar-refractivity contribution in [1.82, 2.24) is 15.2 Å². The van der Waals surface area contributed by atoms with Gasteiger partial charge in [0.25, 0.3) is 11.8 Å². The zero-order valence-electron chi connectivity index (χ0n) is 19.1. The number of carbonyl (C=O) groups excluding carboxylic acids is 2. The van der Waals surface area contributed by atoms with Gasteiger partial charge in [-0.05, 0) is 31.5 Å². The number of amides is 2. The van der Waals surface area contributed by atoms with Crippen molar-refractivity contribution in [3.63, 3.8) is 0 Å². The second kappa shape index (κ2) is 9.68. The Morgan fingerprint density at radius 1 is 1.24 bits per heavy atom. The van der Waals surface area contributed by atoms with E-state index in [9.17, 15) is 9.59 Å². The van der Waals surface area contributed by atoms with Gasteiger partial charge in [0, 0.05) is 25.4 Å². The summed E-state index contributed by atoms with van der Waals surface area (Å²) in [5.41, 5.74) is 3.91. The number of benzene rings is 2. The zero-order valence-corrected chi connectivity index (χ0v) is 20.7. The van der Waals surface area contributed by atoms with Crippen LogP contribution in [0.5, 0.6) is 5.75 Å². The van der Waals surface area contributed by atoms with Gasteiger partial charge in [0.15, 0.2) is 0 Å². The lowest BCUT2D eigenvalue weighted by molar-refractivity contribution is 0.0747. The molecular weight excluding hydrogens is 468 g/mol. The molecule has 2 aliphatic rings. The molecule has 1 fully saturated rings. The van der Waals surface area contributed by atoms with Gasteiger partial charge in [-0.25, -0.2) is 4.98 Å². The van der Waals surface area contributed by atoms with Crippen LogP contribution < -0.4 is 15.4 Å². The van der Waals surface area contributed by atoms with Gasteiger partial charge in [0.05, 0.1) is 26.5 Å². The number of aromatic nitrogens is 1. The predicted molar refractivity (Wildman–Crippen MR) is 137 cm³/mol. The van der Waals surface area contributed by atoms with E-state index in [-0.39, 0.29) is 17.2 Å². The first-order chi connectivity index (χ1) is 16.5. The molecule has 9 heteroatoms. The molecule has 3 heterocycles. The molecule has 1 aromatic heterocycles. The SMILES string of the molecule is Cc1cccc(-c2sc(C)nc2C(=O)N2CCSC2CNC(=O)c2cccc3c2NCCO3)c1. The zero-order chi connectivity index (χ0) is 23.7. The summed E-state index contributed by atoms with van der Waals surface area (Å²) >= 11 is 3.22. The van der Waals surface area contributed by atoms with E-state index in [1.165, 1.54) is 11.3 Å². The Morgan fingerprint density at radius 3 is 2.94 bits per heavy atom. The normalized spacial score (nSPS) is 17.0. The molecule has 0 spiro atoms. The smallest absolute Gasteiger partial charge is 0.274 e. The minimum atomic E-state index is -0.181. The topological polar surface area (TPSA) is 83.6 Å². The monoisotopic (exact) mass is 494 g/mol. The number of thiazole rings is 1. The minimum absolute atomic E-state index is 0.0859. The van der Waals surface area contributed by atoms with Crippen molar-refractivity contribution in [2.45, 2.75) is 19.2 Å². The van der Waals surface area contributed by atoms with Gasteiger partial charge in [-0.2, -0.15) is 0 Å². The summed E-state index contributed by atoms with van der Waals surface area (Å²) < 4.78 is 5.64. The van der Waals surface area contributed by atoms with Crippen LogP contribution in [0.15, 0.2) is 42.5 Å². The highest BCUT2D eigenvalue weighted by molar-refractivity contribution is 8.00. The summed E-state index contributed by atoms with van der Waals surface area (Å²) in [6.45, 7) is 6.20. The lowest BCUT2D eigenvalue weighted by Gasteiger charge is -2.25. The fourth-order valence-electron chi connectivity index (χ4n) is 4.25. The third kappa shape index (κ3) is 4.50. The van der Waals surface area contributed by atoms with Crippen LogP contribution in [0.1, 0.15) is 31.4 Å². The van der Waals surface area contributed by atoms with Crippen molar-refractivity contribution in [2.75, 3.05) is 37.3 Å². The summed E-state index contributed by atoms with van der Waals surface area (Å²) in [5.74, 6) is 1.25. The van der Waals surface area contributed by atoms with Crippen molar-refractivity contribution in [3.05, 3.63) is 64.3 Å². The molecule has 1 saturated heterocycles. The average molecular weight is 495 g/mol. The summed E-state index contributed by atoms with van der Waals surface area (Å²) in [6.07, 6.45) is 0. The van der Waals surface area contributed by atoms with Crippen LogP contribution >= 0.6 is 23.1 Å². The predicted octanol–water partition coefficient (Wildman–Crippen LogP) is 4.18. The van der Waals surface area contributed by atoms with Crippen LogP contribution in [-0.4, -0.2) is 59.1 Å². The Labute approximate surface area is 206 Å². The van der Waals surface area contributed by atoms with Crippen LogP contribution in [0.25, 0.3) is 10.4 Å². The van der Waals surface area contributed by atoms with Crippen LogP contribution in [-0.2, 0) is 0 Å². The number of carbonyl (C=O) groups is 2. The molecule has 7 nitrogen and oxygen atoms in total. The van der Waals surface area contributed by atoms with Crippen LogP contribution in [0.2, 0.25) is 0 Å². The van der Waals surface area contributed by atoms with E-state index in [2.05, 4.69) is 21.7 Å². The number of nitrogens with zero attached hydrogens (tertiary/aromatic N) is 2. The molecule has 3 aromatic rings. The van der Waals surface area contributed by atoms with E-state index in [0.29, 0.717) is 43.2 Å². The lowest BCUT2D eigenvalue weighted by Crippen LogP contribution is -2.42. The Morgan fingerprint density at radius 2 is 2.09 bits per heavy atom. The number of hydrogen-bond donors (Lipinski definition) is 2. The Hall–Kier alpha value is -3.04. The van der Waals surface area contributed by atoms with E-state index in [0.717, 1.165) is 32.5 Å². The van der Waals surface area contributed by atoms with Gasteiger partial charge in [0.1, 0.15) is 18.1 Å². The van der Waals surface area contributed by atoms with Gasteiger partial charge in [-0.15, -0.1) is 23.1 Å². The number of hydrogen-bond acceptors (Lipinski definition) is 7. The molecule has 1 atom stereocenters. The third-order valence-corrected chi connectivity index (χ3v) is 8.08. The lowest BCUT2D eigenvalue weighted by atomic mass is 10.1. The molecule has 2 amide bonds. The number of rotatable bonds is 5. The molecule has 0 radical (unpaired) electrons. The second-order valence-electron chi connectivity index (χ2n) is 8.27. The van der Waals surface area contributed by atoms with Crippen molar-refractivity contribution < 1.29 is 14.3 Å². The van der Waals surface area contributed by atoms with Gasteiger partial charge in [0.2, 0.25) is 0 Å². The maximum Gasteiger partial charge on any atom is 0.274 e. The minimum Gasteiger partial charge on any atom is -0.490 e. The van der Waals surface area contributed by atoms with E-state index in [1.807, 2.05) is 49.1 Å². The van der Waals surface area contributed by atoms with Gasteiger partial charge in [-0.1, -0.05) is 35.9 Å². The highest BCUT2D eigenvalue weighted by Crippen LogP contribution is 2.34. The average Bonchev–Trinajstić information content (AvgIpc) is 3.48. The first-order valence-electron chi connectivity index (χ1n) is 11.3. The molecule has 2 aliphatic heterocycles. The summed E-state index contributed by atoms with van der Waals surface area (Å²) in [4.78, 5) is 33.9. The van der Waals surface area contributed by atoms with Crippen molar-refractivity contribution >= 4 is 40.6 Å². The first-order valence-corrected chi connectivity index (χ1v) is 13.1. The molecule has 0 aliphatic carbocycles. The quantitative estimate of drug-likeness (QED) is 0.554. The van der Waals surface area contributed by atoms with Gasteiger partial charge in [-0.3, -0.25) is 9.59 Å². The number of ether oxygens (including phenoxy) is 1. The maximum atomic E-state index is 13.6. The molecule has 2 aromatic carbocycles. The molecule has 0 saturated carbocycles. The molecular formula is C25H26N4O3S2. The number of fused-ring (bicyclic) bond motifs is 1. The molecule has 176 valence electrons. The van der Waals surface area contributed by atoms with E-state index >= 15 is 0 Å². The van der Waals surface area contributed by atoms with Gasteiger partial charge >= 0.3 is 0 Å². The summed E-state index contributed by atoms with van der Waals surface area (Å²) in [6, 6.07) is 13.6. The molecule has 34 heavy (non-hydrogen) atoms. The largest absolute Gasteiger partial charge is 0.490 e. The highest BCUT2D eigenvalue weighted by Gasteiger charge is 2.33. The van der Waals surface area contributed by atoms with Crippen LogP contribution in [0, 0.1) is 13.8 Å². The number of aryl methyl sites for hydroxylation is 2. The van der Waals surface area contributed by atoms with E-state index < -0.39 is 0 Å². The fraction of sp³-hybridized carbons (Fsp3) is 0.320. The van der Waals surface area contributed by atoms with Gasteiger partial charge < -0.3 is 20.3 Å². The maximum absolute atomic E-state index is 13.6. The Balaban J connectivity index is 1.32. The fourth-order valence-corrected chi connectivity index (χ4v) is 6.31. The standard InChI is InChI=1S/C25H26N4O3S2/c1-15-5-3-6-17(13-15)23-22(28-16(2)34-23)25(31)29-10-12-33-20(29)14-27-24(30)18-7-4-8-19-21(18)26-9-11-32-19/h3-8,13,20,26H,9-12,14H2,1-2H3,(H,27,30). The molecule has 2 N–H and O–H groups in total. The molecule has 0 bridgehead atoms.